The topological polar surface area (TPSA) is 41.7 Å². The van der Waals surface area contributed by atoms with Crippen LogP contribution in [0, 0.1) is 5.92 Å². The van der Waals surface area contributed by atoms with Crippen LogP contribution in [0.3, 0.4) is 0 Å². The molecule has 0 spiro atoms. The maximum Gasteiger partial charge on any atom is 0.401 e. The number of hydrogen-bond donors (Lipinski definition) is 1. The highest BCUT2D eigenvalue weighted by Gasteiger charge is 2.33. The van der Waals surface area contributed by atoms with Gasteiger partial charge in [0, 0.05) is 45.9 Å². The Morgan fingerprint density at radius 2 is 1.79 bits per heavy atom. The van der Waals surface area contributed by atoms with Crippen molar-refractivity contribution >= 4 is 0 Å². The van der Waals surface area contributed by atoms with Crippen molar-refractivity contribution < 1.29 is 17.9 Å². The molecule has 1 fully saturated rings. The van der Waals surface area contributed by atoms with E-state index in [0.717, 1.165) is 0 Å². The van der Waals surface area contributed by atoms with Crippen LogP contribution in [-0.4, -0.2) is 75.0 Å². The quantitative estimate of drug-likeness (QED) is 0.782. The van der Waals surface area contributed by atoms with Gasteiger partial charge in [-0.3, -0.25) is 9.80 Å². The average Bonchev–Trinajstić information content (AvgIpc) is 2.30. The maximum atomic E-state index is 12.3. The van der Waals surface area contributed by atoms with Crippen LogP contribution in [0.1, 0.15) is 6.92 Å². The van der Waals surface area contributed by atoms with Crippen molar-refractivity contribution in [2.75, 3.05) is 53.0 Å². The summed E-state index contributed by atoms with van der Waals surface area (Å²) in [5, 5.41) is 0. The number of rotatable bonds is 6. The molecule has 114 valence electrons. The zero-order valence-electron chi connectivity index (χ0n) is 11.6. The lowest BCUT2D eigenvalue weighted by molar-refractivity contribution is -0.150. The van der Waals surface area contributed by atoms with Crippen LogP contribution in [0.15, 0.2) is 0 Å². The van der Waals surface area contributed by atoms with Gasteiger partial charge in [0.25, 0.3) is 0 Å². The van der Waals surface area contributed by atoms with Crippen LogP contribution in [-0.2, 0) is 4.74 Å². The average molecular weight is 283 g/mol. The van der Waals surface area contributed by atoms with E-state index in [4.69, 9.17) is 10.5 Å². The molecule has 0 aromatic carbocycles. The predicted molar refractivity (Wildman–Crippen MR) is 68.0 cm³/mol. The van der Waals surface area contributed by atoms with Gasteiger partial charge in [0.05, 0.1) is 13.2 Å². The number of hydrogen-bond acceptors (Lipinski definition) is 4. The molecule has 1 aliphatic rings. The first-order valence-corrected chi connectivity index (χ1v) is 6.59. The molecule has 1 saturated heterocycles. The second-order valence-electron chi connectivity index (χ2n) is 5.16. The van der Waals surface area contributed by atoms with E-state index in [1.165, 1.54) is 4.90 Å². The van der Waals surface area contributed by atoms with Crippen molar-refractivity contribution in [2.24, 2.45) is 11.7 Å². The van der Waals surface area contributed by atoms with Gasteiger partial charge >= 0.3 is 6.18 Å². The summed E-state index contributed by atoms with van der Waals surface area (Å²) in [6.45, 7) is 4.50. The van der Waals surface area contributed by atoms with Gasteiger partial charge in [0.15, 0.2) is 0 Å². The summed E-state index contributed by atoms with van der Waals surface area (Å²) in [6.07, 6.45) is -4.11. The molecule has 0 bridgehead atoms. The van der Waals surface area contributed by atoms with Gasteiger partial charge in [0.1, 0.15) is 0 Å². The lowest BCUT2D eigenvalue weighted by atomic mass is 10.0. The lowest BCUT2D eigenvalue weighted by Gasteiger charge is -2.41. The largest absolute Gasteiger partial charge is 0.401 e. The first kappa shape index (κ1) is 16.7. The van der Waals surface area contributed by atoms with Crippen molar-refractivity contribution in [3.05, 3.63) is 0 Å². The molecule has 0 aromatic rings. The highest BCUT2D eigenvalue weighted by Crippen LogP contribution is 2.19. The maximum absolute atomic E-state index is 12.3. The molecule has 19 heavy (non-hydrogen) atoms. The fourth-order valence-electron chi connectivity index (χ4n) is 2.62. The molecule has 0 saturated carbocycles. The van der Waals surface area contributed by atoms with Crippen LogP contribution >= 0.6 is 0 Å². The molecule has 0 aliphatic carbocycles. The van der Waals surface area contributed by atoms with Crippen LogP contribution in [0.4, 0.5) is 13.2 Å². The van der Waals surface area contributed by atoms with Crippen molar-refractivity contribution in [1.82, 2.24) is 9.80 Å². The Balaban J connectivity index is 2.43. The molecule has 4 nitrogen and oxygen atoms in total. The first-order chi connectivity index (χ1) is 8.87. The minimum absolute atomic E-state index is 0.174. The minimum atomic E-state index is -4.11. The van der Waals surface area contributed by atoms with E-state index >= 15 is 0 Å². The summed E-state index contributed by atoms with van der Waals surface area (Å²) in [7, 11) is 1.64. The number of nitrogens with two attached hydrogens (primary N) is 1. The van der Waals surface area contributed by atoms with Crippen LogP contribution < -0.4 is 5.73 Å². The lowest BCUT2D eigenvalue weighted by Crippen LogP contribution is -2.55. The third-order valence-corrected chi connectivity index (χ3v) is 3.61. The third-order valence-electron chi connectivity index (χ3n) is 3.61. The third kappa shape index (κ3) is 5.64. The second kappa shape index (κ2) is 7.42. The molecule has 1 aliphatic heterocycles. The molecule has 1 rings (SSSR count). The van der Waals surface area contributed by atoms with Crippen molar-refractivity contribution in [3.63, 3.8) is 0 Å². The van der Waals surface area contributed by atoms with Gasteiger partial charge in [-0.2, -0.15) is 13.2 Å². The Hall–Kier alpha value is -0.370. The predicted octanol–water partition coefficient (Wildman–Crippen LogP) is 0.776. The minimum Gasteiger partial charge on any atom is -0.384 e. The normalized spacial score (nSPS) is 22.4. The van der Waals surface area contributed by atoms with Gasteiger partial charge in [-0.15, -0.1) is 0 Å². The molecule has 2 unspecified atom stereocenters. The van der Waals surface area contributed by atoms with E-state index in [2.05, 4.69) is 11.8 Å². The molecular weight excluding hydrogens is 259 g/mol. The van der Waals surface area contributed by atoms with Gasteiger partial charge in [-0.05, 0) is 5.92 Å². The van der Waals surface area contributed by atoms with Crippen molar-refractivity contribution in [2.45, 2.75) is 19.1 Å². The summed E-state index contributed by atoms with van der Waals surface area (Å²) >= 11 is 0. The first-order valence-electron chi connectivity index (χ1n) is 6.59. The van der Waals surface area contributed by atoms with E-state index in [1.807, 2.05) is 0 Å². The fraction of sp³-hybridized carbons (Fsp3) is 1.00. The Morgan fingerprint density at radius 1 is 1.21 bits per heavy atom. The van der Waals surface area contributed by atoms with Gasteiger partial charge in [0.2, 0.25) is 0 Å². The van der Waals surface area contributed by atoms with Crippen LogP contribution in [0.5, 0.6) is 0 Å². The molecule has 0 radical (unpaired) electrons. The number of halogens is 3. The number of nitrogens with zero attached hydrogens (tertiary/aromatic N) is 2. The molecule has 7 heteroatoms. The summed E-state index contributed by atoms with van der Waals surface area (Å²) in [5.41, 5.74) is 5.78. The molecule has 0 amide bonds. The number of methoxy groups -OCH3 is 1. The standard InChI is InChI=1S/C12H24F3N3O/c1-10(8-19-2)11(7-16)18-5-3-17(4-6-18)9-12(13,14)15/h10-11H,3-9,16H2,1-2H3. The zero-order valence-corrected chi connectivity index (χ0v) is 11.6. The smallest absolute Gasteiger partial charge is 0.384 e. The molecular formula is C12H24F3N3O. The van der Waals surface area contributed by atoms with E-state index in [9.17, 15) is 13.2 Å². The highest BCUT2D eigenvalue weighted by atomic mass is 19.4. The molecule has 1 heterocycles. The fourth-order valence-corrected chi connectivity index (χ4v) is 2.62. The van der Waals surface area contributed by atoms with E-state index in [-0.39, 0.29) is 12.0 Å². The second-order valence-corrected chi connectivity index (χ2v) is 5.16. The number of piperazine rings is 1. The van der Waals surface area contributed by atoms with Crippen molar-refractivity contribution in [1.29, 1.82) is 0 Å². The summed E-state index contributed by atoms with van der Waals surface area (Å²) < 4.78 is 42.0. The molecule has 0 aromatic heterocycles. The van der Waals surface area contributed by atoms with Gasteiger partial charge < -0.3 is 10.5 Å². The van der Waals surface area contributed by atoms with E-state index in [0.29, 0.717) is 39.3 Å². The Kier molecular flexibility index (Phi) is 6.52. The number of alkyl halides is 3. The Labute approximate surface area is 112 Å². The Bertz CT molecular complexity index is 255. The van der Waals surface area contributed by atoms with Gasteiger partial charge in [-0.1, -0.05) is 6.92 Å². The summed E-state index contributed by atoms with van der Waals surface area (Å²) in [5.74, 6) is 0.282. The van der Waals surface area contributed by atoms with E-state index in [1.54, 1.807) is 7.11 Å². The molecule has 2 N–H and O–H groups in total. The Morgan fingerprint density at radius 3 is 2.21 bits per heavy atom. The summed E-state index contributed by atoms with van der Waals surface area (Å²) in [4.78, 5) is 3.63. The van der Waals surface area contributed by atoms with Crippen LogP contribution in [0.2, 0.25) is 0 Å². The van der Waals surface area contributed by atoms with Crippen molar-refractivity contribution in [3.8, 4) is 0 Å². The van der Waals surface area contributed by atoms with E-state index < -0.39 is 12.7 Å². The SMILES string of the molecule is COCC(C)C(CN)N1CCN(CC(F)(F)F)CC1. The number of ether oxygens (including phenoxy) is 1. The summed E-state index contributed by atoms with van der Waals surface area (Å²) in [6, 6.07) is 0.174. The molecule has 2 atom stereocenters. The monoisotopic (exact) mass is 283 g/mol. The zero-order chi connectivity index (χ0) is 14.5. The van der Waals surface area contributed by atoms with Gasteiger partial charge in [-0.25, -0.2) is 0 Å². The highest BCUT2D eigenvalue weighted by molar-refractivity contribution is 4.83. The van der Waals surface area contributed by atoms with Crippen LogP contribution in [0.25, 0.3) is 0 Å².